The van der Waals surface area contributed by atoms with E-state index in [-0.39, 0.29) is 0 Å². The van der Waals surface area contributed by atoms with Gasteiger partial charge in [-0.25, -0.2) is 0 Å². The van der Waals surface area contributed by atoms with Crippen LogP contribution >= 0.6 is 0 Å². The summed E-state index contributed by atoms with van der Waals surface area (Å²) < 4.78 is 7.75. The first-order valence-electron chi connectivity index (χ1n) is 9.90. The second-order valence-corrected chi connectivity index (χ2v) is 7.25. The number of hydrogen-bond donors (Lipinski definition) is 0. The third kappa shape index (κ3) is 3.65. The molecule has 3 nitrogen and oxygen atoms in total. The molecule has 0 saturated carbocycles. The first-order chi connectivity index (χ1) is 13.3. The summed E-state index contributed by atoms with van der Waals surface area (Å²) in [4.78, 5) is 2.63. The molecule has 3 aromatic rings. The molecule has 3 heteroatoms. The van der Waals surface area contributed by atoms with Crippen LogP contribution in [-0.2, 0) is 19.5 Å². The largest absolute Gasteiger partial charge is 0.497 e. The summed E-state index contributed by atoms with van der Waals surface area (Å²) in [5.41, 5.74) is 5.61. The molecule has 1 atom stereocenters. The molecule has 0 N–H and O–H groups in total. The number of aromatic nitrogens is 1. The highest BCUT2D eigenvalue weighted by atomic mass is 16.5. The van der Waals surface area contributed by atoms with E-state index in [1.807, 2.05) is 0 Å². The lowest BCUT2D eigenvalue weighted by atomic mass is 9.94. The topological polar surface area (TPSA) is 17.4 Å². The summed E-state index contributed by atoms with van der Waals surface area (Å²) in [7, 11) is 1.72. The van der Waals surface area contributed by atoms with E-state index in [0.717, 1.165) is 31.8 Å². The molecule has 0 spiro atoms. The van der Waals surface area contributed by atoms with Crippen molar-refractivity contribution in [2.75, 3.05) is 13.7 Å². The predicted octanol–water partition coefficient (Wildman–Crippen LogP) is 5.05. The van der Waals surface area contributed by atoms with Crippen LogP contribution in [0.15, 0.2) is 66.9 Å². The molecular weight excluding hydrogens is 332 g/mol. The number of ether oxygens (including phenoxy) is 1. The Morgan fingerprint density at radius 1 is 0.963 bits per heavy atom. The van der Waals surface area contributed by atoms with Gasteiger partial charge in [-0.15, -0.1) is 0 Å². The molecule has 1 aromatic heterocycles. The second-order valence-electron chi connectivity index (χ2n) is 7.25. The summed E-state index contributed by atoms with van der Waals surface area (Å²) in [5.74, 6) is 0.913. The van der Waals surface area contributed by atoms with Gasteiger partial charge >= 0.3 is 0 Å². The maximum atomic E-state index is 5.32. The summed E-state index contributed by atoms with van der Waals surface area (Å²) in [5, 5.41) is 0. The molecular formula is C24H28N2O. The minimum Gasteiger partial charge on any atom is -0.497 e. The van der Waals surface area contributed by atoms with E-state index in [2.05, 4.69) is 83.3 Å². The molecule has 0 saturated heterocycles. The van der Waals surface area contributed by atoms with Crippen molar-refractivity contribution in [3.8, 4) is 5.75 Å². The van der Waals surface area contributed by atoms with Crippen LogP contribution in [0.5, 0.6) is 5.75 Å². The lowest BCUT2D eigenvalue weighted by molar-refractivity contribution is 0.219. The van der Waals surface area contributed by atoms with Gasteiger partial charge in [0, 0.05) is 31.5 Å². The van der Waals surface area contributed by atoms with E-state index < -0.39 is 0 Å². The van der Waals surface area contributed by atoms with Gasteiger partial charge in [-0.3, -0.25) is 4.90 Å². The van der Waals surface area contributed by atoms with E-state index in [1.165, 1.54) is 28.8 Å². The quantitative estimate of drug-likeness (QED) is 0.633. The number of fused-ring (bicyclic) bond motifs is 1. The van der Waals surface area contributed by atoms with Gasteiger partial charge in [-0.2, -0.15) is 0 Å². The number of rotatable bonds is 5. The monoisotopic (exact) mass is 360 g/mol. The minimum absolute atomic E-state index is 0.292. The van der Waals surface area contributed by atoms with E-state index in [4.69, 9.17) is 4.74 Å². The van der Waals surface area contributed by atoms with Gasteiger partial charge in [-0.1, -0.05) is 43.3 Å². The molecule has 2 aromatic carbocycles. The van der Waals surface area contributed by atoms with Crippen LogP contribution in [0.1, 0.15) is 41.8 Å². The Morgan fingerprint density at radius 3 is 2.56 bits per heavy atom. The Kier molecular flexibility index (Phi) is 5.30. The van der Waals surface area contributed by atoms with Crippen molar-refractivity contribution in [1.82, 2.24) is 9.47 Å². The molecule has 4 rings (SSSR count). The van der Waals surface area contributed by atoms with Gasteiger partial charge in [0.15, 0.2) is 0 Å². The van der Waals surface area contributed by atoms with Crippen molar-refractivity contribution >= 4 is 0 Å². The van der Waals surface area contributed by atoms with Crippen LogP contribution in [0.25, 0.3) is 0 Å². The third-order valence-corrected chi connectivity index (χ3v) is 5.63. The lowest BCUT2D eigenvalue weighted by Gasteiger charge is -2.32. The van der Waals surface area contributed by atoms with Crippen molar-refractivity contribution in [2.45, 2.75) is 38.9 Å². The Bertz CT molecular complexity index is 881. The molecule has 0 amide bonds. The maximum absolute atomic E-state index is 5.32. The number of methoxy groups -OCH3 is 1. The van der Waals surface area contributed by atoms with Gasteiger partial charge in [0.25, 0.3) is 0 Å². The van der Waals surface area contributed by atoms with Gasteiger partial charge < -0.3 is 9.30 Å². The lowest BCUT2D eigenvalue weighted by Crippen LogP contribution is -2.30. The SMILES string of the molecule is CCc1ccccc1C1c2cccn2CCCN1Cc1ccc(OC)cc1. The van der Waals surface area contributed by atoms with Crippen molar-refractivity contribution in [3.63, 3.8) is 0 Å². The van der Waals surface area contributed by atoms with Crippen LogP contribution in [0.3, 0.4) is 0 Å². The zero-order valence-corrected chi connectivity index (χ0v) is 16.3. The zero-order valence-electron chi connectivity index (χ0n) is 16.3. The molecule has 0 fully saturated rings. The summed E-state index contributed by atoms with van der Waals surface area (Å²) in [6.07, 6.45) is 4.46. The molecule has 0 bridgehead atoms. The van der Waals surface area contributed by atoms with Crippen LogP contribution in [0.4, 0.5) is 0 Å². The molecule has 1 aliphatic heterocycles. The highest BCUT2D eigenvalue weighted by Gasteiger charge is 2.28. The summed E-state index contributed by atoms with van der Waals surface area (Å²) in [6, 6.07) is 22.2. The molecule has 0 radical (unpaired) electrons. The maximum Gasteiger partial charge on any atom is 0.118 e. The second kappa shape index (κ2) is 8.01. The average Bonchev–Trinajstić information content (AvgIpc) is 3.10. The predicted molar refractivity (Wildman–Crippen MR) is 110 cm³/mol. The van der Waals surface area contributed by atoms with E-state index in [0.29, 0.717) is 6.04 Å². The fourth-order valence-corrected chi connectivity index (χ4v) is 4.25. The van der Waals surface area contributed by atoms with Gasteiger partial charge in [0.1, 0.15) is 5.75 Å². The van der Waals surface area contributed by atoms with E-state index in [1.54, 1.807) is 7.11 Å². The summed E-state index contributed by atoms with van der Waals surface area (Å²) >= 11 is 0. The van der Waals surface area contributed by atoms with E-state index in [9.17, 15) is 0 Å². The molecule has 2 heterocycles. The van der Waals surface area contributed by atoms with Crippen LogP contribution < -0.4 is 4.74 Å². The van der Waals surface area contributed by atoms with Crippen molar-refractivity contribution in [2.24, 2.45) is 0 Å². The van der Waals surface area contributed by atoms with E-state index >= 15 is 0 Å². The van der Waals surface area contributed by atoms with Crippen LogP contribution in [0.2, 0.25) is 0 Å². The van der Waals surface area contributed by atoms with Gasteiger partial charge in [-0.05, 0) is 53.8 Å². The number of benzene rings is 2. The standard InChI is InChI=1S/C24H28N2O/c1-3-20-8-4-5-9-22(20)24-23-10-6-15-25(23)16-7-17-26(24)18-19-11-13-21(27-2)14-12-19/h4-6,8-15,24H,3,7,16-18H2,1-2H3. The first-order valence-corrected chi connectivity index (χ1v) is 9.90. The normalized spacial score (nSPS) is 17.3. The third-order valence-electron chi connectivity index (χ3n) is 5.63. The average molecular weight is 361 g/mol. The van der Waals surface area contributed by atoms with Crippen molar-refractivity contribution in [3.05, 3.63) is 89.2 Å². The fraction of sp³-hybridized carbons (Fsp3) is 0.333. The Morgan fingerprint density at radius 2 is 1.78 bits per heavy atom. The molecule has 0 aliphatic carbocycles. The number of hydrogen-bond acceptors (Lipinski definition) is 2. The van der Waals surface area contributed by atoms with Crippen LogP contribution in [0, 0.1) is 0 Å². The Hall–Kier alpha value is -2.52. The minimum atomic E-state index is 0.292. The van der Waals surface area contributed by atoms with Crippen LogP contribution in [-0.4, -0.2) is 23.1 Å². The fourth-order valence-electron chi connectivity index (χ4n) is 4.25. The zero-order chi connectivity index (χ0) is 18.6. The van der Waals surface area contributed by atoms with Gasteiger partial charge in [0.05, 0.1) is 13.2 Å². The smallest absolute Gasteiger partial charge is 0.118 e. The molecule has 27 heavy (non-hydrogen) atoms. The van der Waals surface area contributed by atoms with Crippen molar-refractivity contribution in [1.29, 1.82) is 0 Å². The molecule has 1 aliphatic rings. The van der Waals surface area contributed by atoms with Crippen molar-refractivity contribution < 1.29 is 4.74 Å². The molecule has 140 valence electrons. The highest BCUT2D eigenvalue weighted by Crippen LogP contribution is 2.35. The van der Waals surface area contributed by atoms with Gasteiger partial charge in [0.2, 0.25) is 0 Å². The first kappa shape index (κ1) is 17.9. The molecule has 1 unspecified atom stereocenters. The highest BCUT2D eigenvalue weighted by molar-refractivity contribution is 5.37. The Labute approximate surface area is 162 Å². The number of aryl methyl sites for hydroxylation is 2. The number of nitrogens with zero attached hydrogens (tertiary/aromatic N) is 2. The summed E-state index contributed by atoms with van der Waals surface area (Å²) in [6.45, 7) is 5.38. The Balaban J connectivity index is 1.73.